The van der Waals surface area contributed by atoms with Crippen LogP contribution in [0.4, 0.5) is 13.2 Å². The van der Waals surface area contributed by atoms with Gasteiger partial charge in [0, 0.05) is 23.4 Å². The molecule has 0 radical (unpaired) electrons. The lowest BCUT2D eigenvalue weighted by Crippen LogP contribution is -2.51. The number of halogens is 3. The fourth-order valence-electron chi connectivity index (χ4n) is 2.79. The lowest BCUT2D eigenvalue weighted by atomic mass is 9.99. The number of rotatable bonds is 6. The van der Waals surface area contributed by atoms with Gasteiger partial charge in [0.25, 0.3) is 0 Å². The fourth-order valence-corrected chi connectivity index (χ4v) is 2.79. The van der Waals surface area contributed by atoms with E-state index in [-0.39, 0.29) is 5.58 Å². The van der Waals surface area contributed by atoms with Crippen molar-refractivity contribution in [2.75, 3.05) is 7.11 Å². The van der Waals surface area contributed by atoms with Gasteiger partial charge in [-0.2, -0.15) is 13.2 Å². The summed E-state index contributed by atoms with van der Waals surface area (Å²) in [6.07, 6.45) is -2.30. The van der Waals surface area contributed by atoms with Crippen LogP contribution in [0.3, 0.4) is 0 Å². The average molecular weight is 455 g/mol. The first-order valence-corrected chi connectivity index (χ1v) is 9.62. The Morgan fingerprint density at radius 3 is 2.38 bits per heavy atom. The predicted molar refractivity (Wildman–Crippen MR) is 111 cm³/mol. The van der Waals surface area contributed by atoms with Crippen LogP contribution >= 0.6 is 0 Å². The molecule has 1 heterocycles. The third kappa shape index (κ3) is 6.60. The van der Waals surface area contributed by atoms with Crippen molar-refractivity contribution in [1.82, 2.24) is 5.32 Å². The van der Waals surface area contributed by atoms with Gasteiger partial charge >= 0.3 is 23.7 Å². The summed E-state index contributed by atoms with van der Waals surface area (Å²) in [7, 11) is 1.46. The van der Waals surface area contributed by atoms with Gasteiger partial charge < -0.3 is 19.2 Å². The van der Waals surface area contributed by atoms with Crippen LogP contribution in [0.2, 0.25) is 0 Å². The third-order valence-corrected chi connectivity index (χ3v) is 4.29. The van der Waals surface area contributed by atoms with Gasteiger partial charge in [-0.05, 0) is 38.5 Å². The lowest BCUT2D eigenvalue weighted by Gasteiger charge is -2.27. The Kier molecular flexibility index (Phi) is 7.38. The van der Waals surface area contributed by atoms with Crippen molar-refractivity contribution in [3.05, 3.63) is 46.3 Å². The first-order valence-electron chi connectivity index (χ1n) is 9.62. The van der Waals surface area contributed by atoms with Gasteiger partial charge in [-0.15, -0.1) is 0 Å². The van der Waals surface area contributed by atoms with Gasteiger partial charge in [-0.25, -0.2) is 9.59 Å². The molecule has 2 rings (SSSR count). The molecular formula is C22H24F3NO6. The Hall–Kier alpha value is -3.30. The monoisotopic (exact) mass is 455 g/mol. The van der Waals surface area contributed by atoms with E-state index in [9.17, 15) is 27.6 Å². The molecule has 2 unspecified atom stereocenters. The number of benzene rings is 1. The normalized spacial score (nSPS) is 14.2. The molecule has 2 atom stereocenters. The first-order chi connectivity index (χ1) is 14.7. The molecular weight excluding hydrogens is 431 g/mol. The molecule has 0 aliphatic rings. The number of methoxy groups -OCH3 is 1. The molecule has 7 nitrogen and oxygen atoms in total. The minimum Gasteiger partial charge on any atom is -0.497 e. The van der Waals surface area contributed by atoms with Gasteiger partial charge in [-0.1, -0.05) is 19.1 Å². The first kappa shape index (κ1) is 25.0. The number of fused-ring (bicyclic) bond motifs is 1. The fraction of sp³-hybridized carbons (Fsp3) is 0.409. The van der Waals surface area contributed by atoms with Crippen molar-refractivity contribution in [3.63, 3.8) is 0 Å². The highest BCUT2D eigenvalue weighted by Gasteiger charge is 2.42. The minimum atomic E-state index is -5.17. The largest absolute Gasteiger partial charge is 0.497 e. The van der Waals surface area contributed by atoms with Crippen LogP contribution in [-0.4, -0.2) is 36.8 Å². The summed E-state index contributed by atoms with van der Waals surface area (Å²) in [4.78, 5) is 35.9. The molecule has 0 saturated carbocycles. The molecule has 1 N–H and O–H groups in total. The van der Waals surface area contributed by atoms with Crippen LogP contribution in [0.25, 0.3) is 17.0 Å². The molecule has 0 saturated heterocycles. The summed E-state index contributed by atoms with van der Waals surface area (Å²) >= 11 is 0. The standard InChI is InChI=1S/C22H24F3NO6/c1-12(18(19(28)32-21(2,3)4)26-20(29)22(23,24)25)6-7-13-10-17(27)31-16-11-14(30-5)8-9-15(13)16/h6-12,18H,1-5H3,(H,26,29)/b7-6+. The topological polar surface area (TPSA) is 94.8 Å². The maximum Gasteiger partial charge on any atom is 0.471 e. The number of hydrogen-bond donors (Lipinski definition) is 1. The number of amides is 1. The Morgan fingerprint density at radius 1 is 1.16 bits per heavy atom. The van der Waals surface area contributed by atoms with E-state index in [4.69, 9.17) is 13.9 Å². The average Bonchev–Trinajstić information content (AvgIpc) is 2.66. The van der Waals surface area contributed by atoms with Crippen molar-refractivity contribution >= 4 is 28.9 Å². The number of hydrogen-bond acceptors (Lipinski definition) is 6. The Morgan fingerprint density at radius 2 is 1.81 bits per heavy atom. The van der Waals surface area contributed by atoms with E-state index in [1.54, 1.807) is 38.2 Å². The maximum absolute atomic E-state index is 12.8. The molecule has 0 bridgehead atoms. The van der Waals surface area contributed by atoms with Crippen LogP contribution in [0.1, 0.15) is 33.3 Å². The number of nitrogens with one attached hydrogen (secondary N) is 1. The van der Waals surface area contributed by atoms with Crippen molar-refractivity contribution in [2.24, 2.45) is 5.92 Å². The second-order valence-electron chi connectivity index (χ2n) is 8.08. The molecule has 2 aromatic rings. The number of ether oxygens (including phenoxy) is 2. The molecule has 0 aliphatic heterocycles. The molecule has 1 amide bonds. The highest BCUT2D eigenvalue weighted by molar-refractivity contribution is 5.89. The van der Waals surface area contributed by atoms with Crippen LogP contribution < -0.4 is 15.7 Å². The van der Waals surface area contributed by atoms with Crippen molar-refractivity contribution in [1.29, 1.82) is 0 Å². The smallest absolute Gasteiger partial charge is 0.471 e. The Labute approximate surface area is 182 Å². The van der Waals surface area contributed by atoms with Gasteiger partial charge in [0.1, 0.15) is 23.0 Å². The van der Waals surface area contributed by atoms with E-state index in [1.165, 1.54) is 38.3 Å². The highest BCUT2D eigenvalue weighted by atomic mass is 19.4. The number of alkyl halides is 3. The molecule has 10 heteroatoms. The van der Waals surface area contributed by atoms with Crippen LogP contribution in [0, 0.1) is 5.92 Å². The summed E-state index contributed by atoms with van der Waals surface area (Å²) in [5, 5.41) is 2.24. The molecule has 32 heavy (non-hydrogen) atoms. The van der Waals surface area contributed by atoms with Crippen molar-refractivity contribution < 1.29 is 36.7 Å². The number of carbonyl (C=O) groups excluding carboxylic acids is 2. The summed E-state index contributed by atoms with van der Waals surface area (Å²) < 4.78 is 53.7. The minimum absolute atomic E-state index is 0.248. The van der Waals surface area contributed by atoms with E-state index in [2.05, 4.69) is 0 Å². The number of carbonyl (C=O) groups is 2. The van der Waals surface area contributed by atoms with Crippen LogP contribution in [0.15, 0.2) is 39.6 Å². The molecule has 0 spiro atoms. The second kappa shape index (κ2) is 9.46. The third-order valence-electron chi connectivity index (χ3n) is 4.29. The van der Waals surface area contributed by atoms with Crippen molar-refractivity contribution in [2.45, 2.75) is 45.5 Å². The van der Waals surface area contributed by atoms with Gasteiger partial charge in [0.15, 0.2) is 0 Å². The van der Waals surface area contributed by atoms with Crippen LogP contribution in [0.5, 0.6) is 5.75 Å². The molecule has 0 aliphatic carbocycles. The highest BCUT2D eigenvalue weighted by Crippen LogP contribution is 2.24. The molecule has 174 valence electrons. The Balaban J connectivity index is 2.39. The second-order valence-corrected chi connectivity index (χ2v) is 8.08. The zero-order chi connectivity index (χ0) is 24.3. The lowest BCUT2D eigenvalue weighted by molar-refractivity contribution is -0.177. The summed E-state index contributed by atoms with van der Waals surface area (Å²) in [6, 6.07) is 4.42. The van der Waals surface area contributed by atoms with E-state index in [0.29, 0.717) is 16.7 Å². The van der Waals surface area contributed by atoms with E-state index in [0.717, 1.165) is 0 Å². The van der Waals surface area contributed by atoms with Gasteiger partial charge in [0.05, 0.1) is 7.11 Å². The SMILES string of the molecule is COc1ccc2c(/C=C/C(C)C(NC(=O)C(F)(F)F)C(=O)OC(C)(C)C)cc(=O)oc2c1. The van der Waals surface area contributed by atoms with E-state index in [1.807, 2.05) is 0 Å². The summed E-state index contributed by atoms with van der Waals surface area (Å²) in [5.74, 6) is -3.72. The van der Waals surface area contributed by atoms with Crippen LogP contribution in [-0.2, 0) is 14.3 Å². The summed E-state index contributed by atoms with van der Waals surface area (Å²) in [6.45, 7) is 6.10. The van der Waals surface area contributed by atoms with Gasteiger partial charge in [0.2, 0.25) is 0 Å². The van der Waals surface area contributed by atoms with Crippen molar-refractivity contribution in [3.8, 4) is 5.75 Å². The predicted octanol–water partition coefficient (Wildman–Crippen LogP) is 3.84. The molecule has 1 aromatic heterocycles. The zero-order valence-corrected chi connectivity index (χ0v) is 18.2. The molecule has 0 fully saturated rings. The van der Waals surface area contributed by atoms with E-state index < -0.39 is 41.2 Å². The molecule has 1 aromatic carbocycles. The number of esters is 1. The maximum atomic E-state index is 12.8. The quantitative estimate of drug-likeness (QED) is 0.525. The van der Waals surface area contributed by atoms with Gasteiger partial charge in [-0.3, -0.25) is 4.79 Å². The van der Waals surface area contributed by atoms with E-state index >= 15 is 0 Å². The summed E-state index contributed by atoms with van der Waals surface area (Å²) in [5.41, 5.74) is -0.962. The zero-order valence-electron chi connectivity index (χ0n) is 18.2. The Bertz CT molecular complexity index is 1080.